The second-order valence-electron chi connectivity index (χ2n) is 9.73. The first-order valence-corrected chi connectivity index (χ1v) is 14.6. The van der Waals surface area contributed by atoms with Gasteiger partial charge in [0, 0.05) is 36.4 Å². The SMILES string of the molecule is COc1cncc(-c2cc3cc[nH]c(=O)c3c(Nc3ccc(C4CCN(CCS(C)(=O)=O)CC4)cc3)n2)c1. The fourth-order valence-electron chi connectivity index (χ4n) is 4.88. The predicted octanol–water partition coefficient (Wildman–Crippen LogP) is 3.96. The average Bonchev–Trinajstić information content (AvgIpc) is 2.92. The molecule has 198 valence electrons. The number of sulfone groups is 1. The van der Waals surface area contributed by atoms with E-state index in [-0.39, 0.29) is 11.3 Å². The van der Waals surface area contributed by atoms with Crippen molar-refractivity contribution in [1.82, 2.24) is 19.9 Å². The highest BCUT2D eigenvalue weighted by molar-refractivity contribution is 7.90. The van der Waals surface area contributed by atoms with Crippen molar-refractivity contribution in [3.8, 4) is 17.0 Å². The van der Waals surface area contributed by atoms with Crippen molar-refractivity contribution in [2.45, 2.75) is 18.8 Å². The van der Waals surface area contributed by atoms with Crippen LogP contribution < -0.4 is 15.6 Å². The zero-order valence-electron chi connectivity index (χ0n) is 21.5. The molecule has 0 unspecified atom stereocenters. The van der Waals surface area contributed by atoms with E-state index in [2.05, 4.69) is 32.3 Å². The molecule has 0 aliphatic carbocycles. The van der Waals surface area contributed by atoms with Crippen molar-refractivity contribution in [2.75, 3.05) is 44.1 Å². The lowest BCUT2D eigenvalue weighted by atomic mass is 9.89. The Morgan fingerprint density at radius 2 is 1.87 bits per heavy atom. The van der Waals surface area contributed by atoms with Crippen LogP contribution in [0, 0.1) is 0 Å². The fraction of sp³-hybridized carbons (Fsp3) is 0.321. The lowest BCUT2D eigenvalue weighted by molar-refractivity contribution is 0.223. The first-order valence-electron chi connectivity index (χ1n) is 12.6. The highest BCUT2D eigenvalue weighted by Gasteiger charge is 2.21. The second-order valence-corrected chi connectivity index (χ2v) is 12.0. The van der Waals surface area contributed by atoms with Crippen LogP contribution in [0.15, 0.2) is 65.8 Å². The molecular formula is C28H31N5O4S. The molecule has 4 heterocycles. The number of methoxy groups -OCH3 is 1. The number of aromatic amines is 1. The molecule has 38 heavy (non-hydrogen) atoms. The Labute approximate surface area is 221 Å². The second kappa shape index (κ2) is 10.9. The average molecular weight is 534 g/mol. The number of hydrogen-bond donors (Lipinski definition) is 2. The summed E-state index contributed by atoms with van der Waals surface area (Å²) < 4.78 is 28.2. The Morgan fingerprint density at radius 1 is 1.11 bits per heavy atom. The third-order valence-corrected chi connectivity index (χ3v) is 7.93. The number of aromatic nitrogens is 3. The van der Waals surface area contributed by atoms with Gasteiger partial charge in [0.1, 0.15) is 21.4 Å². The zero-order chi connectivity index (χ0) is 26.7. The van der Waals surface area contributed by atoms with Gasteiger partial charge in [0.05, 0.1) is 30.1 Å². The van der Waals surface area contributed by atoms with E-state index in [1.165, 1.54) is 11.8 Å². The predicted molar refractivity (Wildman–Crippen MR) is 150 cm³/mol. The summed E-state index contributed by atoms with van der Waals surface area (Å²) in [6, 6.07) is 13.8. The van der Waals surface area contributed by atoms with Crippen LogP contribution in [0.1, 0.15) is 24.3 Å². The molecule has 0 saturated carbocycles. The number of nitrogens with one attached hydrogen (secondary N) is 2. The van der Waals surface area contributed by atoms with E-state index >= 15 is 0 Å². The molecule has 1 aromatic carbocycles. The highest BCUT2D eigenvalue weighted by atomic mass is 32.2. The maximum Gasteiger partial charge on any atom is 0.259 e. The van der Waals surface area contributed by atoms with Gasteiger partial charge in [0.2, 0.25) is 0 Å². The molecule has 4 aromatic rings. The summed E-state index contributed by atoms with van der Waals surface area (Å²) in [5.74, 6) is 1.74. The summed E-state index contributed by atoms with van der Waals surface area (Å²) in [6.45, 7) is 2.38. The van der Waals surface area contributed by atoms with E-state index < -0.39 is 9.84 Å². The van der Waals surface area contributed by atoms with Crippen molar-refractivity contribution in [1.29, 1.82) is 0 Å². The molecule has 0 atom stereocenters. The Bertz CT molecular complexity index is 1590. The van der Waals surface area contributed by atoms with Gasteiger partial charge in [0.25, 0.3) is 5.56 Å². The highest BCUT2D eigenvalue weighted by Crippen LogP contribution is 2.31. The van der Waals surface area contributed by atoms with E-state index in [1.54, 1.807) is 25.7 Å². The van der Waals surface area contributed by atoms with Crippen LogP contribution in [-0.4, -0.2) is 67.0 Å². The molecular weight excluding hydrogens is 502 g/mol. The quantitative estimate of drug-likeness (QED) is 0.350. The number of likely N-dealkylation sites (tertiary alicyclic amines) is 1. The third kappa shape index (κ3) is 6.03. The third-order valence-electron chi connectivity index (χ3n) is 7.01. The van der Waals surface area contributed by atoms with Crippen LogP contribution in [0.25, 0.3) is 22.0 Å². The summed E-state index contributed by atoms with van der Waals surface area (Å²) >= 11 is 0. The van der Waals surface area contributed by atoms with E-state index in [0.717, 1.165) is 42.6 Å². The number of fused-ring (bicyclic) bond motifs is 1. The molecule has 5 rings (SSSR count). The van der Waals surface area contributed by atoms with Crippen LogP contribution >= 0.6 is 0 Å². The fourth-order valence-corrected chi connectivity index (χ4v) is 5.47. The number of ether oxygens (including phenoxy) is 1. The first-order chi connectivity index (χ1) is 18.3. The number of H-pyrrole nitrogens is 1. The molecule has 9 nitrogen and oxygen atoms in total. The van der Waals surface area contributed by atoms with Gasteiger partial charge in [0.15, 0.2) is 0 Å². The maximum atomic E-state index is 12.7. The molecule has 10 heteroatoms. The van der Waals surface area contributed by atoms with Crippen molar-refractivity contribution in [2.24, 2.45) is 0 Å². The van der Waals surface area contributed by atoms with Crippen LogP contribution in [0.4, 0.5) is 11.5 Å². The minimum atomic E-state index is -2.94. The van der Waals surface area contributed by atoms with Gasteiger partial charge < -0.3 is 19.9 Å². The van der Waals surface area contributed by atoms with Gasteiger partial charge in [-0.1, -0.05) is 12.1 Å². The lowest BCUT2D eigenvalue weighted by Crippen LogP contribution is -2.36. The summed E-state index contributed by atoms with van der Waals surface area (Å²) in [6.07, 6.45) is 8.26. The van der Waals surface area contributed by atoms with E-state index in [0.29, 0.717) is 35.1 Å². The topological polar surface area (TPSA) is 117 Å². The Hall–Kier alpha value is -3.76. The van der Waals surface area contributed by atoms with Gasteiger partial charge in [-0.05, 0) is 73.1 Å². The van der Waals surface area contributed by atoms with Crippen molar-refractivity contribution >= 4 is 32.1 Å². The molecule has 1 fully saturated rings. The number of benzene rings is 1. The van der Waals surface area contributed by atoms with Crippen molar-refractivity contribution in [3.05, 3.63) is 77.0 Å². The van der Waals surface area contributed by atoms with Gasteiger partial charge in [-0.15, -0.1) is 0 Å². The normalized spacial score (nSPS) is 15.0. The molecule has 2 N–H and O–H groups in total. The molecule has 0 amide bonds. The molecule has 1 saturated heterocycles. The number of nitrogens with zero attached hydrogens (tertiary/aromatic N) is 3. The van der Waals surface area contributed by atoms with Crippen molar-refractivity contribution in [3.63, 3.8) is 0 Å². The minimum Gasteiger partial charge on any atom is -0.495 e. The Morgan fingerprint density at radius 3 is 2.58 bits per heavy atom. The number of anilines is 2. The summed E-state index contributed by atoms with van der Waals surface area (Å²) in [4.78, 5) is 26.7. The van der Waals surface area contributed by atoms with E-state index in [4.69, 9.17) is 9.72 Å². The summed E-state index contributed by atoms with van der Waals surface area (Å²) in [7, 11) is -1.35. The molecule has 0 radical (unpaired) electrons. The van der Waals surface area contributed by atoms with Crippen LogP contribution in [0.5, 0.6) is 5.75 Å². The number of hydrogen-bond acceptors (Lipinski definition) is 8. The smallest absolute Gasteiger partial charge is 0.259 e. The summed E-state index contributed by atoms with van der Waals surface area (Å²) in [5.41, 5.74) is 3.33. The largest absolute Gasteiger partial charge is 0.495 e. The van der Waals surface area contributed by atoms with E-state index in [9.17, 15) is 13.2 Å². The maximum absolute atomic E-state index is 12.7. The minimum absolute atomic E-state index is 0.207. The van der Waals surface area contributed by atoms with Crippen molar-refractivity contribution < 1.29 is 13.2 Å². The molecule has 3 aromatic heterocycles. The number of rotatable bonds is 8. The van der Waals surface area contributed by atoms with Gasteiger partial charge >= 0.3 is 0 Å². The lowest BCUT2D eigenvalue weighted by Gasteiger charge is -2.32. The Kier molecular flexibility index (Phi) is 7.44. The van der Waals surface area contributed by atoms with Crippen LogP contribution in [0.3, 0.4) is 0 Å². The van der Waals surface area contributed by atoms with Crippen LogP contribution in [-0.2, 0) is 9.84 Å². The standard InChI is InChI=1S/C28H31N5O4S/c1-37-24-15-22(17-29-18-24)25-16-21-7-10-30-28(34)26(21)27(32-25)31-23-5-3-19(4-6-23)20-8-11-33(12-9-20)13-14-38(2,35)36/h3-7,10,15-18,20H,8-9,11-14H2,1-2H3,(H,30,34)(H,31,32). The number of pyridine rings is 3. The van der Waals surface area contributed by atoms with Gasteiger partial charge in [-0.25, -0.2) is 13.4 Å². The van der Waals surface area contributed by atoms with Gasteiger partial charge in [-0.3, -0.25) is 9.78 Å². The molecule has 1 aliphatic rings. The van der Waals surface area contributed by atoms with Gasteiger partial charge in [-0.2, -0.15) is 0 Å². The molecule has 1 aliphatic heterocycles. The monoisotopic (exact) mass is 533 g/mol. The number of piperidine rings is 1. The molecule has 0 bridgehead atoms. The van der Waals surface area contributed by atoms with Crippen LogP contribution in [0.2, 0.25) is 0 Å². The summed E-state index contributed by atoms with van der Waals surface area (Å²) in [5, 5.41) is 4.60. The Balaban J connectivity index is 1.35. The van der Waals surface area contributed by atoms with E-state index in [1.807, 2.05) is 30.3 Å². The zero-order valence-corrected chi connectivity index (χ0v) is 22.3. The first kappa shape index (κ1) is 25.9. The molecule has 0 spiro atoms.